The highest BCUT2D eigenvalue weighted by atomic mass is 19.1. The lowest BCUT2D eigenvalue weighted by Gasteiger charge is -2.19. The number of nitrogens with zero attached hydrogens (tertiary/aromatic N) is 5. The van der Waals surface area contributed by atoms with Crippen molar-refractivity contribution in [3.05, 3.63) is 83.4 Å². The Morgan fingerprint density at radius 1 is 1.19 bits per heavy atom. The molecule has 0 bridgehead atoms. The first-order valence-electron chi connectivity index (χ1n) is 9.54. The molecule has 9 nitrogen and oxygen atoms in total. The molecule has 4 aromatic rings. The highest BCUT2D eigenvalue weighted by Gasteiger charge is 2.25. The van der Waals surface area contributed by atoms with Gasteiger partial charge in [-0.3, -0.25) is 9.78 Å². The Hall–Kier alpha value is -4.21. The van der Waals surface area contributed by atoms with E-state index in [0.29, 0.717) is 41.4 Å². The molecule has 1 unspecified atom stereocenters. The maximum absolute atomic E-state index is 13.5. The number of nitrogens with one attached hydrogen (secondary N) is 2. The van der Waals surface area contributed by atoms with Crippen molar-refractivity contribution < 1.29 is 9.18 Å². The topological polar surface area (TPSA) is 135 Å². The predicted octanol–water partition coefficient (Wildman–Crippen LogP) is 2.07. The zero-order valence-electron chi connectivity index (χ0n) is 16.4. The number of anilines is 1. The van der Waals surface area contributed by atoms with E-state index in [4.69, 9.17) is 5.73 Å². The van der Waals surface area contributed by atoms with Crippen molar-refractivity contribution in [1.29, 1.82) is 0 Å². The Kier molecular flexibility index (Phi) is 5.88. The number of aromatic amines is 1. The number of benzene rings is 1. The van der Waals surface area contributed by atoms with E-state index in [9.17, 15) is 9.18 Å². The first-order valence-corrected chi connectivity index (χ1v) is 9.54. The molecule has 156 valence electrons. The number of carbonyl (C=O) groups excluding carboxylic acids is 1. The molecule has 1 amide bonds. The molecule has 31 heavy (non-hydrogen) atoms. The van der Waals surface area contributed by atoms with Gasteiger partial charge in [-0.1, -0.05) is 24.3 Å². The van der Waals surface area contributed by atoms with Gasteiger partial charge in [0.15, 0.2) is 0 Å². The summed E-state index contributed by atoms with van der Waals surface area (Å²) in [6.07, 6.45) is 3.77. The summed E-state index contributed by atoms with van der Waals surface area (Å²) in [5.41, 5.74) is 8.28. The third-order valence-electron chi connectivity index (χ3n) is 4.71. The minimum Gasteiger partial charge on any atom is -0.369 e. The second-order valence-corrected chi connectivity index (χ2v) is 6.80. The number of H-pyrrole nitrogens is 1. The van der Waals surface area contributed by atoms with Gasteiger partial charge in [0.05, 0.1) is 5.92 Å². The molecule has 0 saturated carbocycles. The Labute approximate surface area is 176 Å². The van der Waals surface area contributed by atoms with Crippen LogP contribution in [0.3, 0.4) is 0 Å². The summed E-state index contributed by atoms with van der Waals surface area (Å²) >= 11 is 0. The molecule has 0 fully saturated rings. The summed E-state index contributed by atoms with van der Waals surface area (Å²) in [4.78, 5) is 21.0. The van der Waals surface area contributed by atoms with Gasteiger partial charge in [-0.2, -0.15) is 5.21 Å². The van der Waals surface area contributed by atoms with Crippen molar-refractivity contribution in [3.8, 4) is 11.5 Å². The smallest absolute Gasteiger partial charge is 0.229 e. The molecule has 0 radical (unpaired) electrons. The molecule has 4 N–H and O–H groups in total. The van der Waals surface area contributed by atoms with Crippen LogP contribution in [0.2, 0.25) is 0 Å². The number of hydrogen-bond donors (Lipinski definition) is 3. The fourth-order valence-electron chi connectivity index (χ4n) is 3.30. The fraction of sp³-hybridized carbons (Fsp3) is 0.143. The number of pyridine rings is 2. The number of nitrogens with two attached hydrogens (primary N) is 1. The Morgan fingerprint density at radius 3 is 2.81 bits per heavy atom. The summed E-state index contributed by atoms with van der Waals surface area (Å²) in [6.45, 7) is 0.456. The van der Waals surface area contributed by atoms with Crippen LogP contribution in [0.5, 0.6) is 0 Å². The van der Waals surface area contributed by atoms with Crippen LogP contribution >= 0.6 is 0 Å². The highest BCUT2D eigenvalue weighted by Crippen LogP contribution is 2.30. The molecule has 0 aliphatic carbocycles. The maximum atomic E-state index is 13.5. The van der Waals surface area contributed by atoms with Gasteiger partial charge in [0.1, 0.15) is 17.3 Å². The molecule has 0 spiro atoms. The number of aromatic nitrogens is 6. The van der Waals surface area contributed by atoms with Crippen LogP contribution < -0.4 is 11.1 Å². The standard InChI is InChI=1S/C21H19FN8O/c22-15-5-1-3-13(11-15)8-10-25-20-16(6-7-17(26-20)21-27-29-30-28-21)18(19(23)31)14-4-2-9-24-12-14/h1-7,9,11-12,18H,8,10H2,(H2,23,31)(H,25,26)(H,27,28,29,30). The molecule has 10 heteroatoms. The molecule has 0 aliphatic rings. The van der Waals surface area contributed by atoms with Crippen LogP contribution in [-0.2, 0) is 11.2 Å². The van der Waals surface area contributed by atoms with E-state index in [1.54, 1.807) is 42.7 Å². The van der Waals surface area contributed by atoms with Crippen LogP contribution in [0.1, 0.15) is 22.6 Å². The van der Waals surface area contributed by atoms with E-state index in [-0.39, 0.29) is 5.82 Å². The van der Waals surface area contributed by atoms with Crippen molar-refractivity contribution >= 4 is 11.7 Å². The lowest BCUT2D eigenvalue weighted by atomic mass is 9.91. The van der Waals surface area contributed by atoms with Gasteiger partial charge in [0, 0.05) is 24.5 Å². The van der Waals surface area contributed by atoms with E-state index in [1.807, 2.05) is 6.07 Å². The number of amides is 1. The second kappa shape index (κ2) is 9.08. The Morgan fingerprint density at radius 2 is 2.10 bits per heavy atom. The number of tetrazole rings is 1. The monoisotopic (exact) mass is 418 g/mol. The first kappa shape index (κ1) is 20.1. The van der Waals surface area contributed by atoms with Crippen molar-refractivity contribution in [2.24, 2.45) is 5.73 Å². The van der Waals surface area contributed by atoms with E-state index >= 15 is 0 Å². The number of carbonyl (C=O) groups is 1. The molecule has 3 aromatic heterocycles. The lowest BCUT2D eigenvalue weighted by molar-refractivity contribution is -0.118. The van der Waals surface area contributed by atoms with Crippen molar-refractivity contribution in [2.45, 2.75) is 12.3 Å². The van der Waals surface area contributed by atoms with Gasteiger partial charge in [0.2, 0.25) is 11.7 Å². The van der Waals surface area contributed by atoms with Crippen LogP contribution in [0.4, 0.5) is 10.2 Å². The average Bonchev–Trinajstić information content (AvgIpc) is 3.30. The van der Waals surface area contributed by atoms with Crippen molar-refractivity contribution in [3.63, 3.8) is 0 Å². The van der Waals surface area contributed by atoms with E-state index in [1.165, 1.54) is 12.1 Å². The quantitative estimate of drug-likeness (QED) is 0.398. The number of halogens is 1. The lowest BCUT2D eigenvalue weighted by Crippen LogP contribution is -2.24. The van der Waals surface area contributed by atoms with Gasteiger partial charge in [-0.05, 0) is 47.0 Å². The molecule has 0 aliphatic heterocycles. The molecule has 0 saturated heterocycles. The molecular weight excluding hydrogens is 399 g/mol. The van der Waals surface area contributed by atoms with Crippen molar-refractivity contribution in [1.82, 2.24) is 30.6 Å². The highest BCUT2D eigenvalue weighted by molar-refractivity contribution is 5.87. The average molecular weight is 418 g/mol. The zero-order valence-corrected chi connectivity index (χ0v) is 16.4. The minimum absolute atomic E-state index is 0.291. The number of hydrogen-bond acceptors (Lipinski definition) is 7. The summed E-state index contributed by atoms with van der Waals surface area (Å²) < 4.78 is 13.5. The number of primary amides is 1. The van der Waals surface area contributed by atoms with Gasteiger partial charge in [-0.15, -0.1) is 10.2 Å². The summed E-state index contributed by atoms with van der Waals surface area (Å²) in [6, 6.07) is 13.4. The van der Waals surface area contributed by atoms with Crippen LogP contribution in [-0.4, -0.2) is 43.0 Å². The van der Waals surface area contributed by atoms with Gasteiger partial charge < -0.3 is 11.1 Å². The number of rotatable bonds is 8. The van der Waals surface area contributed by atoms with E-state index in [2.05, 4.69) is 35.9 Å². The third-order valence-corrected chi connectivity index (χ3v) is 4.71. The van der Waals surface area contributed by atoms with Crippen molar-refractivity contribution in [2.75, 3.05) is 11.9 Å². The fourth-order valence-corrected chi connectivity index (χ4v) is 3.30. The van der Waals surface area contributed by atoms with E-state index < -0.39 is 11.8 Å². The van der Waals surface area contributed by atoms with Gasteiger partial charge >= 0.3 is 0 Å². The molecule has 4 rings (SSSR count). The second-order valence-electron chi connectivity index (χ2n) is 6.80. The largest absolute Gasteiger partial charge is 0.369 e. The van der Waals surface area contributed by atoms with Gasteiger partial charge in [0.25, 0.3) is 0 Å². The SMILES string of the molecule is NC(=O)C(c1cccnc1)c1ccc(-c2nn[nH]n2)nc1NCCc1cccc(F)c1. The molecule has 1 atom stereocenters. The van der Waals surface area contributed by atoms with E-state index in [0.717, 1.165) is 5.56 Å². The Bertz CT molecular complexity index is 1170. The third kappa shape index (κ3) is 4.69. The summed E-state index contributed by atoms with van der Waals surface area (Å²) in [5, 5.41) is 17.1. The molecule has 3 heterocycles. The minimum atomic E-state index is -0.753. The Balaban J connectivity index is 1.67. The van der Waals surface area contributed by atoms with Crippen LogP contribution in [0.15, 0.2) is 60.9 Å². The summed E-state index contributed by atoms with van der Waals surface area (Å²) in [5.74, 6) is -0.809. The maximum Gasteiger partial charge on any atom is 0.229 e. The molecule has 1 aromatic carbocycles. The predicted molar refractivity (Wildman–Crippen MR) is 111 cm³/mol. The summed E-state index contributed by atoms with van der Waals surface area (Å²) in [7, 11) is 0. The first-order chi connectivity index (χ1) is 15.1. The zero-order chi connectivity index (χ0) is 21.6. The van der Waals surface area contributed by atoms with Gasteiger partial charge in [-0.25, -0.2) is 9.37 Å². The van der Waals surface area contributed by atoms with Crippen LogP contribution in [0.25, 0.3) is 11.5 Å². The van der Waals surface area contributed by atoms with Crippen LogP contribution in [0, 0.1) is 5.82 Å². The molecular formula is C21H19FN8O. The normalized spacial score (nSPS) is 11.8.